The van der Waals surface area contributed by atoms with Gasteiger partial charge in [0, 0.05) is 25.8 Å². The van der Waals surface area contributed by atoms with Gasteiger partial charge in [0.25, 0.3) is 5.69 Å². The van der Waals surface area contributed by atoms with Crippen LogP contribution in [-0.2, 0) is 4.74 Å². The second-order valence-electron chi connectivity index (χ2n) is 2.55. The molecule has 0 radical (unpaired) electrons. The van der Waals surface area contributed by atoms with Gasteiger partial charge in [-0.05, 0) is 35.6 Å². The monoisotopic (exact) mass is 306 g/mol. The molecule has 0 saturated carbocycles. The third-order valence-corrected chi connectivity index (χ3v) is 2.15. The maximum Gasteiger partial charge on any atom is 0.338 e. The molecule has 1 N–H and O–H groups in total. The van der Waals surface area contributed by atoms with Gasteiger partial charge in [-0.3, -0.25) is 0 Å². The summed E-state index contributed by atoms with van der Waals surface area (Å²) in [6.45, 7) is 2.06. The molecule has 1 aromatic carbocycles. The van der Waals surface area contributed by atoms with E-state index >= 15 is 0 Å². The van der Waals surface area contributed by atoms with E-state index < -0.39 is 5.97 Å². The van der Waals surface area contributed by atoms with E-state index in [1.807, 2.05) is 22.6 Å². The maximum absolute atomic E-state index is 11.3. The van der Waals surface area contributed by atoms with E-state index in [-0.39, 0.29) is 0 Å². The number of nitrogens with one attached hydrogen (secondary N) is 1. The number of hydrogen-bond donors (Lipinski definition) is 1. The summed E-state index contributed by atoms with van der Waals surface area (Å²) in [5, 5.41) is 1.74. The SMILES string of the molecule is CCOC(=O)c1cc(I)cc([NH+]=O)c1. The quantitative estimate of drug-likeness (QED) is 0.668. The Labute approximate surface area is 94.8 Å². The molecule has 0 atom stereocenters. The predicted molar refractivity (Wildman–Crippen MR) is 59.1 cm³/mol. The summed E-state index contributed by atoms with van der Waals surface area (Å²) in [5.74, 6) is -0.414. The molecule has 0 aliphatic carbocycles. The summed E-state index contributed by atoms with van der Waals surface area (Å²) in [6, 6.07) is 4.78. The first-order valence-corrected chi connectivity index (χ1v) is 5.11. The molecule has 74 valence electrons. The summed E-state index contributed by atoms with van der Waals surface area (Å²) in [5.41, 5.74) is 0.747. The zero-order chi connectivity index (χ0) is 10.6. The van der Waals surface area contributed by atoms with Gasteiger partial charge in [-0.2, -0.15) is 0 Å². The lowest BCUT2D eigenvalue weighted by atomic mass is 10.2. The van der Waals surface area contributed by atoms with Gasteiger partial charge in [0.1, 0.15) is 0 Å². The van der Waals surface area contributed by atoms with Crippen molar-refractivity contribution in [2.75, 3.05) is 6.61 Å². The van der Waals surface area contributed by atoms with Crippen LogP contribution in [-0.4, -0.2) is 12.6 Å². The van der Waals surface area contributed by atoms with Crippen molar-refractivity contribution in [2.24, 2.45) is 0 Å². The number of hydrogen-bond acceptors (Lipinski definition) is 3. The van der Waals surface area contributed by atoms with Gasteiger partial charge < -0.3 is 4.74 Å². The van der Waals surface area contributed by atoms with E-state index in [4.69, 9.17) is 4.74 Å². The first-order chi connectivity index (χ1) is 6.67. The topological polar surface area (TPSA) is 57.3 Å². The summed E-state index contributed by atoms with van der Waals surface area (Å²) in [6.07, 6.45) is 0. The lowest BCUT2D eigenvalue weighted by Gasteiger charge is -2.00. The Bertz CT molecular complexity index is 365. The predicted octanol–water partition coefficient (Wildman–Crippen LogP) is 0.946. The van der Waals surface area contributed by atoms with Gasteiger partial charge in [0.05, 0.1) is 12.2 Å². The van der Waals surface area contributed by atoms with Gasteiger partial charge >= 0.3 is 5.97 Å². The molecule has 0 saturated heterocycles. The number of ether oxygens (including phenoxy) is 1. The molecule has 14 heavy (non-hydrogen) atoms. The van der Waals surface area contributed by atoms with Gasteiger partial charge in [-0.25, -0.2) is 4.79 Å². The van der Waals surface area contributed by atoms with E-state index in [0.29, 0.717) is 17.9 Å². The number of halogens is 1. The highest BCUT2D eigenvalue weighted by molar-refractivity contribution is 14.1. The molecule has 0 fully saturated rings. The minimum absolute atomic E-state index is 0.324. The Morgan fingerprint density at radius 3 is 2.79 bits per heavy atom. The molecule has 1 aromatic rings. The van der Waals surface area contributed by atoms with Gasteiger partial charge in [-0.15, -0.1) is 0 Å². The molecule has 4 nitrogen and oxygen atoms in total. The molecule has 1 rings (SSSR count). The molecular formula is C9H9INO3+. The molecule has 0 aromatic heterocycles. The molecule has 0 bridgehead atoms. The van der Waals surface area contributed by atoms with Crippen LogP contribution < -0.4 is 5.18 Å². The fraction of sp³-hybridized carbons (Fsp3) is 0.222. The minimum atomic E-state index is -0.414. The van der Waals surface area contributed by atoms with Crippen molar-refractivity contribution in [1.82, 2.24) is 0 Å². The number of esters is 1. The van der Waals surface area contributed by atoms with Crippen molar-refractivity contribution < 1.29 is 14.7 Å². The van der Waals surface area contributed by atoms with Gasteiger partial charge in [0.15, 0.2) is 0 Å². The largest absolute Gasteiger partial charge is 0.462 e. The van der Waals surface area contributed by atoms with Crippen LogP contribution in [0.1, 0.15) is 17.3 Å². The third kappa shape index (κ3) is 2.76. The van der Waals surface area contributed by atoms with Crippen molar-refractivity contribution in [2.45, 2.75) is 6.92 Å². The van der Waals surface area contributed by atoms with Crippen LogP contribution >= 0.6 is 22.6 Å². The Balaban J connectivity index is 3.02. The summed E-state index contributed by atoms with van der Waals surface area (Å²) >= 11 is 2.03. The normalized spacial score (nSPS) is 9.57. The number of rotatable bonds is 3. The average molecular weight is 306 g/mol. The fourth-order valence-electron chi connectivity index (χ4n) is 0.981. The molecule has 5 heteroatoms. The Kier molecular flexibility index (Phi) is 3.99. The summed E-state index contributed by atoms with van der Waals surface area (Å²) in [4.78, 5) is 21.7. The van der Waals surface area contributed by atoms with Crippen molar-refractivity contribution in [3.8, 4) is 0 Å². The number of carbonyl (C=O) groups is 1. The fourth-order valence-corrected chi connectivity index (χ4v) is 1.65. The second kappa shape index (κ2) is 5.04. The lowest BCUT2D eigenvalue weighted by molar-refractivity contribution is -0.379. The van der Waals surface area contributed by atoms with E-state index in [9.17, 15) is 9.70 Å². The van der Waals surface area contributed by atoms with Crippen LogP contribution in [0.3, 0.4) is 0 Å². The number of nitroso groups, excluding NO2 is 1. The van der Waals surface area contributed by atoms with Crippen LogP contribution in [0.25, 0.3) is 0 Å². The first kappa shape index (κ1) is 11.1. The van der Waals surface area contributed by atoms with E-state index in [1.54, 1.807) is 24.2 Å². The van der Waals surface area contributed by atoms with E-state index in [2.05, 4.69) is 0 Å². The maximum atomic E-state index is 11.3. The van der Waals surface area contributed by atoms with Gasteiger partial charge in [-0.1, -0.05) is 0 Å². The highest BCUT2D eigenvalue weighted by atomic mass is 127. The molecule has 0 amide bonds. The molecule has 0 heterocycles. The van der Waals surface area contributed by atoms with E-state index in [1.165, 1.54) is 6.07 Å². The molecule has 0 aliphatic rings. The van der Waals surface area contributed by atoms with Crippen molar-refractivity contribution in [1.29, 1.82) is 0 Å². The van der Waals surface area contributed by atoms with Gasteiger partial charge in [0.2, 0.25) is 0 Å². The standard InChI is InChI=1S/C9H8INO3/c1-2-14-9(12)6-3-7(10)5-8(4-6)11-13/h3-5H,2H2,1H3/p+1. The van der Waals surface area contributed by atoms with Crippen LogP contribution in [0.5, 0.6) is 0 Å². The molecular weight excluding hydrogens is 297 g/mol. The van der Waals surface area contributed by atoms with Crippen LogP contribution in [0.15, 0.2) is 18.2 Å². The van der Waals surface area contributed by atoms with Crippen molar-refractivity contribution >= 4 is 34.2 Å². The molecule has 0 aliphatic heterocycles. The smallest absolute Gasteiger partial charge is 0.338 e. The molecule has 0 unspecified atom stereocenters. The van der Waals surface area contributed by atoms with E-state index in [0.717, 1.165) is 3.57 Å². The Morgan fingerprint density at radius 1 is 1.50 bits per heavy atom. The van der Waals surface area contributed by atoms with Crippen LogP contribution in [0, 0.1) is 8.48 Å². The highest BCUT2D eigenvalue weighted by Crippen LogP contribution is 2.13. The number of carbonyl (C=O) groups excluding carboxylic acids is 1. The third-order valence-electron chi connectivity index (χ3n) is 1.53. The van der Waals surface area contributed by atoms with Crippen molar-refractivity contribution in [3.63, 3.8) is 0 Å². The summed E-state index contributed by atoms with van der Waals surface area (Å²) < 4.78 is 5.62. The minimum Gasteiger partial charge on any atom is -0.462 e. The Hall–Kier alpha value is -0.980. The lowest BCUT2D eigenvalue weighted by Crippen LogP contribution is -2.55. The first-order valence-electron chi connectivity index (χ1n) is 4.03. The average Bonchev–Trinajstić information content (AvgIpc) is 2.17. The summed E-state index contributed by atoms with van der Waals surface area (Å²) in [7, 11) is 0. The van der Waals surface area contributed by atoms with Crippen LogP contribution in [0.4, 0.5) is 5.69 Å². The van der Waals surface area contributed by atoms with Crippen LogP contribution in [0.2, 0.25) is 0 Å². The zero-order valence-electron chi connectivity index (χ0n) is 7.54. The second-order valence-corrected chi connectivity index (χ2v) is 3.80. The van der Waals surface area contributed by atoms with Crippen molar-refractivity contribution in [3.05, 3.63) is 32.2 Å². The Morgan fingerprint density at radius 2 is 2.21 bits per heavy atom. The zero-order valence-corrected chi connectivity index (χ0v) is 9.70. The number of benzene rings is 1. The highest BCUT2D eigenvalue weighted by Gasteiger charge is 2.11. The molecule has 0 spiro atoms.